The Morgan fingerprint density at radius 3 is 1.93 bits per heavy atom. The SMILES string of the molecule is O=S(=O)(NCCc1ccccc1)N(Cc1ccco1)S(=O)(=O)NCc1ccccc1. The molecular weight excluding hydrogens is 426 g/mol. The van der Waals surface area contributed by atoms with Gasteiger partial charge in [-0.2, -0.15) is 21.6 Å². The number of nitrogens with zero attached hydrogens (tertiary/aromatic N) is 1. The minimum absolute atomic E-state index is 0.0443. The molecule has 0 fully saturated rings. The van der Waals surface area contributed by atoms with Crippen LogP contribution in [-0.4, -0.2) is 27.1 Å². The van der Waals surface area contributed by atoms with Crippen LogP contribution in [-0.2, 0) is 39.9 Å². The van der Waals surface area contributed by atoms with Gasteiger partial charge in [-0.1, -0.05) is 64.4 Å². The first-order valence-electron chi connectivity index (χ1n) is 9.24. The Labute approximate surface area is 176 Å². The van der Waals surface area contributed by atoms with Gasteiger partial charge in [0, 0.05) is 13.1 Å². The Balaban J connectivity index is 1.74. The van der Waals surface area contributed by atoms with Crippen molar-refractivity contribution in [3.05, 3.63) is 95.9 Å². The van der Waals surface area contributed by atoms with E-state index in [-0.39, 0.29) is 18.8 Å². The molecule has 0 aliphatic carbocycles. The maximum Gasteiger partial charge on any atom is 0.294 e. The summed E-state index contributed by atoms with van der Waals surface area (Å²) >= 11 is 0. The highest BCUT2D eigenvalue weighted by Crippen LogP contribution is 2.14. The molecule has 0 unspecified atom stereocenters. The van der Waals surface area contributed by atoms with Crippen LogP contribution in [0.15, 0.2) is 83.5 Å². The van der Waals surface area contributed by atoms with Gasteiger partial charge < -0.3 is 4.42 Å². The molecule has 0 bridgehead atoms. The fourth-order valence-electron chi connectivity index (χ4n) is 2.71. The van der Waals surface area contributed by atoms with Gasteiger partial charge in [0.05, 0.1) is 12.8 Å². The molecule has 0 atom stereocenters. The smallest absolute Gasteiger partial charge is 0.294 e. The van der Waals surface area contributed by atoms with Gasteiger partial charge in [-0.25, -0.2) is 4.72 Å². The van der Waals surface area contributed by atoms with E-state index in [9.17, 15) is 16.8 Å². The molecule has 160 valence electrons. The van der Waals surface area contributed by atoms with Gasteiger partial charge in [0.2, 0.25) is 0 Å². The molecule has 1 heterocycles. The number of furan rings is 1. The molecule has 2 N–H and O–H groups in total. The van der Waals surface area contributed by atoms with Gasteiger partial charge >= 0.3 is 0 Å². The molecule has 3 rings (SSSR count). The molecule has 0 aliphatic rings. The van der Waals surface area contributed by atoms with Gasteiger partial charge in [0.15, 0.2) is 0 Å². The van der Waals surface area contributed by atoms with Crippen LogP contribution in [0.25, 0.3) is 0 Å². The summed E-state index contributed by atoms with van der Waals surface area (Å²) in [5, 5.41) is 0. The summed E-state index contributed by atoms with van der Waals surface area (Å²) in [7, 11) is -8.73. The number of benzene rings is 2. The van der Waals surface area contributed by atoms with Crippen molar-refractivity contribution in [1.82, 2.24) is 13.2 Å². The first-order chi connectivity index (χ1) is 14.4. The quantitative estimate of drug-likeness (QED) is 0.466. The zero-order valence-corrected chi connectivity index (χ0v) is 17.8. The van der Waals surface area contributed by atoms with Crippen LogP contribution in [0, 0.1) is 0 Å². The summed E-state index contributed by atoms with van der Waals surface area (Å²) in [5.41, 5.74) is 1.64. The zero-order valence-electron chi connectivity index (χ0n) is 16.1. The lowest BCUT2D eigenvalue weighted by atomic mass is 10.2. The van der Waals surface area contributed by atoms with Crippen LogP contribution >= 0.6 is 0 Å². The molecule has 30 heavy (non-hydrogen) atoms. The molecule has 0 amide bonds. The van der Waals surface area contributed by atoms with Gasteiger partial charge in [0.25, 0.3) is 20.4 Å². The summed E-state index contributed by atoms with van der Waals surface area (Å²) in [6.07, 6.45) is 1.78. The Hall–Kier alpha value is -2.50. The highest BCUT2D eigenvalue weighted by molar-refractivity contribution is 8.02. The maximum atomic E-state index is 12.9. The highest BCUT2D eigenvalue weighted by atomic mass is 32.3. The topological polar surface area (TPSA) is 109 Å². The molecule has 0 saturated carbocycles. The molecule has 0 saturated heterocycles. The minimum Gasteiger partial charge on any atom is -0.468 e. The highest BCUT2D eigenvalue weighted by Gasteiger charge is 2.34. The lowest BCUT2D eigenvalue weighted by Gasteiger charge is -2.21. The second-order valence-corrected chi connectivity index (χ2v) is 10.0. The molecule has 10 heteroatoms. The van der Waals surface area contributed by atoms with Gasteiger partial charge in [0.1, 0.15) is 5.76 Å². The molecule has 0 aliphatic heterocycles. The average molecular weight is 450 g/mol. The molecule has 2 aromatic carbocycles. The Kier molecular flexibility index (Phi) is 7.40. The fraction of sp³-hybridized carbons (Fsp3) is 0.200. The van der Waals surface area contributed by atoms with Crippen molar-refractivity contribution in [2.45, 2.75) is 19.5 Å². The van der Waals surface area contributed by atoms with E-state index in [0.717, 1.165) is 5.56 Å². The van der Waals surface area contributed by atoms with Crippen molar-refractivity contribution in [3.63, 3.8) is 0 Å². The summed E-state index contributed by atoms with van der Waals surface area (Å²) < 4.78 is 61.7. The summed E-state index contributed by atoms with van der Waals surface area (Å²) in [6.45, 7) is -0.454. The van der Waals surface area contributed by atoms with E-state index in [1.54, 1.807) is 30.3 Å². The van der Waals surface area contributed by atoms with Crippen molar-refractivity contribution in [1.29, 1.82) is 0 Å². The van der Waals surface area contributed by atoms with E-state index in [4.69, 9.17) is 4.42 Å². The van der Waals surface area contributed by atoms with E-state index in [2.05, 4.69) is 9.44 Å². The second-order valence-electron chi connectivity index (χ2n) is 6.46. The van der Waals surface area contributed by atoms with Crippen molar-refractivity contribution >= 4 is 20.4 Å². The summed E-state index contributed by atoms with van der Waals surface area (Å²) in [6, 6.07) is 21.2. The molecule has 0 spiro atoms. The molecular formula is C20H23N3O5S2. The lowest BCUT2D eigenvalue weighted by Crippen LogP contribution is -2.48. The first-order valence-corrected chi connectivity index (χ1v) is 12.1. The monoisotopic (exact) mass is 449 g/mol. The fourth-order valence-corrected chi connectivity index (χ4v) is 5.65. The number of hydrogen-bond acceptors (Lipinski definition) is 5. The largest absolute Gasteiger partial charge is 0.468 e. The van der Waals surface area contributed by atoms with Crippen LogP contribution in [0.3, 0.4) is 0 Å². The third-order valence-electron chi connectivity index (χ3n) is 4.24. The Bertz CT molecular complexity index is 1120. The standard InChI is InChI=1S/C20H23N3O5S2/c24-29(25,21-14-13-18-8-3-1-4-9-18)23(17-20-12-7-15-28-20)30(26,27)22-16-19-10-5-2-6-11-19/h1-12,15,21-22H,13-14,16-17H2. The normalized spacial score (nSPS) is 12.3. The van der Waals surface area contributed by atoms with Crippen LogP contribution in [0.2, 0.25) is 0 Å². The molecule has 1 aromatic heterocycles. The van der Waals surface area contributed by atoms with Crippen molar-refractivity contribution in [3.8, 4) is 0 Å². The maximum absolute atomic E-state index is 12.9. The zero-order chi connectivity index (χ0) is 21.5. The van der Waals surface area contributed by atoms with Crippen molar-refractivity contribution in [2.75, 3.05) is 6.54 Å². The summed E-state index contributed by atoms with van der Waals surface area (Å²) in [5.74, 6) is 0.202. The first kappa shape index (κ1) is 22.2. The molecule has 0 radical (unpaired) electrons. The van der Waals surface area contributed by atoms with Gasteiger partial charge in [-0.15, -0.1) is 0 Å². The van der Waals surface area contributed by atoms with Gasteiger partial charge in [-0.3, -0.25) is 0 Å². The minimum atomic E-state index is -4.38. The average Bonchev–Trinajstić information content (AvgIpc) is 3.25. The predicted octanol–water partition coefficient (Wildman–Crippen LogP) is 2.19. The van der Waals surface area contributed by atoms with Gasteiger partial charge in [-0.05, 0) is 29.7 Å². The lowest BCUT2D eigenvalue weighted by molar-refractivity contribution is 0.429. The predicted molar refractivity (Wildman–Crippen MR) is 114 cm³/mol. The van der Waals surface area contributed by atoms with E-state index in [0.29, 0.717) is 15.7 Å². The third kappa shape index (κ3) is 6.25. The van der Waals surface area contributed by atoms with Crippen molar-refractivity contribution in [2.24, 2.45) is 0 Å². The third-order valence-corrected chi connectivity index (χ3v) is 7.83. The van der Waals surface area contributed by atoms with E-state index in [1.165, 1.54) is 12.3 Å². The second kappa shape index (κ2) is 10.0. The number of rotatable bonds is 11. The van der Waals surface area contributed by atoms with Crippen LogP contribution in [0.5, 0.6) is 0 Å². The molecule has 3 aromatic rings. The van der Waals surface area contributed by atoms with E-state index < -0.39 is 27.0 Å². The number of hydrogen-bond donors (Lipinski definition) is 2. The number of nitrogens with one attached hydrogen (secondary N) is 2. The van der Waals surface area contributed by atoms with E-state index in [1.807, 2.05) is 36.4 Å². The van der Waals surface area contributed by atoms with E-state index >= 15 is 0 Å². The van der Waals surface area contributed by atoms with Crippen LogP contribution in [0.1, 0.15) is 16.9 Å². The van der Waals surface area contributed by atoms with Crippen LogP contribution in [0.4, 0.5) is 0 Å². The summed E-state index contributed by atoms with van der Waals surface area (Å²) in [4.78, 5) is 0. The Morgan fingerprint density at radius 2 is 1.33 bits per heavy atom. The van der Waals surface area contributed by atoms with Crippen LogP contribution < -0.4 is 9.44 Å². The Morgan fingerprint density at radius 1 is 0.733 bits per heavy atom. The molecule has 8 nitrogen and oxygen atoms in total. The van der Waals surface area contributed by atoms with Crippen molar-refractivity contribution < 1.29 is 21.3 Å².